The molecule has 4 heteroatoms. The van der Waals surface area contributed by atoms with Gasteiger partial charge in [-0.1, -0.05) is 137 Å². The van der Waals surface area contributed by atoms with Crippen LogP contribution in [0.3, 0.4) is 0 Å². The van der Waals surface area contributed by atoms with Gasteiger partial charge in [-0.15, -0.1) is 0 Å². The van der Waals surface area contributed by atoms with Crippen LogP contribution in [0, 0.1) is 47.3 Å². The summed E-state index contributed by atoms with van der Waals surface area (Å²) in [6.07, 6.45) is 5.22. The van der Waals surface area contributed by atoms with E-state index in [-0.39, 0.29) is 10.8 Å². The standard InChI is InChI=1S/C60H56O4/c1-35-51-39(29-47(37-15-9-7-10-16-37)55(35)63-33-59-27-25-41(31-49(59)61)57(59,3)4)21-23-45-43-19-13-14-20-44(43)46-24-22-40-30-48(38-17-11-8-12-18-38)56(36(2)52(40)54(46)53(45)51)64-34-60-28-26-42(32-50(60)62)58(60,5)6/h7-24,29-30,41-42H,25-28,31-34H2,1-6H3/t41-,42-,59+,60+/m0/s1. The van der Waals surface area contributed by atoms with Gasteiger partial charge in [0, 0.05) is 35.1 Å². The molecule has 0 unspecified atom stereocenters. The van der Waals surface area contributed by atoms with Crippen molar-refractivity contribution in [1.82, 2.24) is 0 Å². The van der Waals surface area contributed by atoms with Crippen molar-refractivity contribution in [3.05, 3.63) is 132 Å². The van der Waals surface area contributed by atoms with Gasteiger partial charge >= 0.3 is 0 Å². The first-order valence-corrected chi connectivity index (χ1v) is 23.6. The van der Waals surface area contributed by atoms with Crippen LogP contribution in [0.2, 0.25) is 0 Å². The lowest BCUT2D eigenvalue weighted by Gasteiger charge is -2.36. The Morgan fingerprint density at radius 2 is 0.875 bits per heavy atom. The van der Waals surface area contributed by atoms with Crippen molar-refractivity contribution in [2.45, 2.75) is 80.1 Å². The topological polar surface area (TPSA) is 52.6 Å². The van der Waals surface area contributed by atoms with Crippen LogP contribution in [0.5, 0.6) is 11.5 Å². The van der Waals surface area contributed by atoms with Crippen molar-refractivity contribution >= 4 is 65.4 Å². The third-order valence-corrected chi connectivity index (χ3v) is 18.1. The van der Waals surface area contributed by atoms with Gasteiger partial charge in [0.2, 0.25) is 0 Å². The van der Waals surface area contributed by atoms with Gasteiger partial charge < -0.3 is 9.47 Å². The number of ketones is 2. The molecule has 0 aromatic heterocycles. The van der Waals surface area contributed by atoms with E-state index >= 15 is 0 Å². The maximum absolute atomic E-state index is 13.9. The van der Waals surface area contributed by atoms with Gasteiger partial charge in [0.15, 0.2) is 0 Å². The van der Waals surface area contributed by atoms with E-state index in [0.29, 0.717) is 49.5 Å². The molecule has 0 spiro atoms. The lowest BCUT2D eigenvalue weighted by molar-refractivity contribution is -0.132. The van der Waals surface area contributed by atoms with Crippen molar-refractivity contribution in [2.24, 2.45) is 33.5 Å². The van der Waals surface area contributed by atoms with Crippen LogP contribution in [0.15, 0.2) is 121 Å². The zero-order valence-corrected chi connectivity index (χ0v) is 38.0. The van der Waals surface area contributed by atoms with E-state index in [1.54, 1.807) is 0 Å². The van der Waals surface area contributed by atoms with Crippen LogP contribution < -0.4 is 9.47 Å². The predicted octanol–water partition coefficient (Wildman–Crippen LogP) is 15.0. The Morgan fingerprint density at radius 3 is 1.23 bits per heavy atom. The number of Topliss-reactive ketones (excluding diaryl/α,β-unsaturated/α-hetero) is 2. The molecule has 8 aromatic rings. The second-order valence-electron chi connectivity index (χ2n) is 21.1. The lowest BCUT2D eigenvalue weighted by Crippen LogP contribution is -2.41. The Kier molecular flexibility index (Phi) is 8.51. The van der Waals surface area contributed by atoms with E-state index < -0.39 is 10.8 Å². The normalized spacial score (nSPS) is 24.3. The highest BCUT2D eigenvalue weighted by Gasteiger charge is 2.65. The maximum atomic E-state index is 13.9. The molecule has 4 nitrogen and oxygen atoms in total. The minimum Gasteiger partial charge on any atom is -0.492 e. The molecule has 0 saturated heterocycles. The highest BCUT2D eigenvalue weighted by Crippen LogP contribution is 2.65. The molecule has 4 bridgehead atoms. The molecule has 4 aliphatic rings. The molecule has 4 atom stereocenters. The largest absolute Gasteiger partial charge is 0.492 e. The molecular weight excluding hydrogens is 785 g/mol. The van der Waals surface area contributed by atoms with Gasteiger partial charge in [-0.05, 0) is 139 Å². The Morgan fingerprint density at radius 1 is 0.484 bits per heavy atom. The van der Waals surface area contributed by atoms with Crippen molar-refractivity contribution < 1.29 is 19.1 Å². The van der Waals surface area contributed by atoms with Crippen molar-refractivity contribution in [3.8, 4) is 33.8 Å². The van der Waals surface area contributed by atoms with Crippen molar-refractivity contribution in [1.29, 1.82) is 0 Å². The van der Waals surface area contributed by atoms with Crippen LogP contribution in [-0.2, 0) is 9.59 Å². The molecule has 4 saturated carbocycles. The number of ether oxygens (including phenoxy) is 2. The third-order valence-electron chi connectivity index (χ3n) is 18.1. The molecule has 4 fully saturated rings. The summed E-state index contributed by atoms with van der Waals surface area (Å²) < 4.78 is 14.5. The molecular formula is C60H56O4. The second-order valence-corrected chi connectivity index (χ2v) is 21.1. The molecule has 0 N–H and O–H groups in total. The molecule has 64 heavy (non-hydrogen) atoms. The van der Waals surface area contributed by atoms with Gasteiger partial charge in [0.25, 0.3) is 0 Å². The fourth-order valence-corrected chi connectivity index (χ4v) is 13.9. The van der Waals surface area contributed by atoms with Crippen LogP contribution in [-0.4, -0.2) is 24.8 Å². The summed E-state index contributed by atoms with van der Waals surface area (Å²) in [7, 11) is 0. The quantitative estimate of drug-likeness (QED) is 0.143. The third kappa shape index (κ3) is 5.17. The molecule has 0 aliphatic heterocycles. The van der Waals surface area contributed by atoms with Crippen molar-refractivity contribution in [3.63, 3.8) is 0 Å². The van der Waals surface area contributed by atoms with E-state index in [9.17, 15) is 9.59 Å². The zero-order valence-electron chi connectivity index (χ0n) is 38.0. The first-order valence-electron chi connectivity index (χ1n) is 23.6. The van der Waals surface area contributed by atoms with Gasteiger partial charge in [-0.3, -0.25) is 9.59 Å². The minimum atomic E-state index is -0.494. The Balaban J connectivity index is 1.16. The highest BCUT2D eigenvalue weighted by molar-refractivity contribution is 6.37. The molecule has 320 valence electrons. The number of fused-ring (bicyclic) bond motifs is 14. The fourth-order valence-electron chi connectivity index (χ4n) is 13.9. The first kappa shape index (κ1) is 39.6. The summed E-state index contributed by atoms with van der Waals surface area (Å²) in [6, 6.07) is 43.8. The average Bonchev–Trinajstić information content (AvgIpc) is 3.85. The van der Waals surface area contributed by atoms with Gasteiger partial charge in [0.1, 0.15) is 36.3 Å². The maximum Gasteiger partial charge on any atom is 0.143 e. The van der Waals surface area contributed by atoms with Crippen LogP contribution in [0.1, 0.15) is 77.3 Å². The number of carbonyl (C=O) groups is 2. The van der Waals surface area contributed by atoms with Crippen molar-refractivity contribution in [2.75, 3.05) is 13.2 Å². The van der Waals surface area contributed by atoms with Gasteiger partial charge in [-0.2, -0.15) is 0 Å². The van der Waals surface area contributed by atoms with E-state index in [2.05, 4.69) is 163 Å². The molecule has 0 heterocycles. The summed E-state index contributed by atoms with van der Waals surface area (Å²) >= 11 is 0. The summed E-state index contributed by atoms with van der Waals surface area (Å²) in [4.78, 5) is 27.8. The number of benzene rings is 8. The summed E-state index contributed by atoms with van der Waals surface area (Å²) in [6.45, 7) is 14.4. The molecule has 8 aromatic carbocycles. The number of rotatable bonds is 8. The number of carbonyl (C=O) groups excluding carboxylic acids is 2. The smallest absolute Gasteiger partial charge is 0.143 e. The molecule has 12 rings (SSSR count). The Bertz CT molecular complexity index is 3080. The first-order chi connectivity index (χ1) is 30.9. The minimum absolute atomic E-state index is 0.113. The summed E-state index contributed by atoms with van der Waals surface area (Å²) in [5.41, 5.74) is 5.23. The number of hydrogen-bond donors (Lipinski definition) is 0. The summed E-state index contributed by atoms with van der Waals surface area (Å²) in [5.74, 6) is 3.24. The highest BCUT2D eigenvalue weighted by atomic mass is 16.5. The van der Waals surface area contributed by atoms with E-state index in [1.807, 2.05) is 0 Å². The van der Waals surface area contributed by atoms with Crippen LogP contribution >= 0.6 is 0 Å². The predicted molar refractivity (Wildman–Crippen MR) is 262 cm³/mol. The van der Waals surface area contributed by atoms with Crippen LogP contribution in [0.25, 0.3) is 76.1 Å². The van der Waals surface area contributed by atoms with Gasteiger partial charge in [-0.25, -0.2) is 0 Å². The molecule has 4 aliphatic carbocycles. The van der Waals surface area contributed by atoms with Gasteiger partial charge in [0.05, 0.1) is 10.8 Å². The lowest BCUT2D eigenvalue weighted by atomic mass is 9.69. The van der Waals surface area contributed by atoms with E-state index in [1.165, 1.54) is 32.3 Å². The monoisotopic (exact) mass is 840 g/mol. The summed E-state index contributed by atoms with van der Waals surface area (Å²) in [5, 5.41) is 11.8. The average molecular weight is 841 g/mol. The Hall–Kier alpha value is -6.00. The number of hydrogen-bond acceptors (Lipinski definition) is 4. The van der Waals surface area contributed by atoms with E-state index in [0.717, 1.165) is 92.1 Å². The zero-order chi connectivity index (χ0) is 43.9. The fraction of sp³-hybridized carbons (Fsp3) is 0.333. The molecule has 0 radical (unpaired) electrons. The van der Waals surface area contributed by atoms with E-state index in [4.69, 9.17) is 9.47 Å². The number of aryl methyl sites for hydroxylation is 2. The second kappa shape index (κ2) is 13.8. The van der Waals surface area contributed by atoms with Crippen LogP contribution in [0.4, 0.5) is 0 Å². The SMILES string of the molecule is Cc1c(OC[C@]23CC[C@@H](CC2=O)C3(C)C)c(-c2ccccc2)cc2ccc3c4ccccc4c4ccc5cc(-c6ccccc6)c(OC[C@]67CC[C@@H](CC6=O)C7(C)C)c(C)c5c4c3c12. The molecule has 0 amide bonds. The Labute approximate surface area is 376 Å².